The van der Waals surface area contributed by atoms with Crippen LogP contribution in [0, 0.1) is 12.3 Å². The molecular formula is C19H29N3O2. The molecule has 1 saturated heterocycles. The number of benzene rings is 1. The molecule has 0 unspecified atom stereocenters. The average Bonchev–Trinajstić information content (AvgIpc) is 2.54. The van der Waals surface area contributed by atoms with E-state index in [1.165, 1.54) is 5.56 Å². The SMILES string of the molecule is Cc1ccc(CNC(=O)C2(C)CCN(C(=O)NC(C)C)CC2)cc1. The number of rotatable bonds is 4. The highest BCUT2D eigenvalue weighted by Gasteiger charge is 2.37. The van der Waals surface area contributed by atoms with E-state index in [4.69, 9.17) is 0 Å². The van der Waals surface area contributed by atoms with Gasteiger partial charge < -0.3 is 15.5 Å². The van der Waals surface area contributed by atoms with Crippen LogP contribution in [0.4, 0.5) is 4.79 Å². The highest BCUT2D eigenvalue weighted by molar-refractivity contribution is 5.83. The molecule has 1 aliphatic heterocycles. The van der Waals surface area contributed by atoms with Gasteiger partial charge in [0, 0.05) is 31.1 Å². The molecular weight excluding hydrogens is 302 g/mol. The fraction of sp³-hybridized carbons (Fsp3) is 0.579. The van der Waals surface area contributed by atoms with Gasteiger partial charge in [-0.2, -0.15) is 0 Å². The van der Waals surface area contributed by atoms with Gasteiger partial charge >= 0.3 is 6.03 Å². The Morgan fingerprint density at radius 3 is 2.29 bits per heavy atom. The summed E-state index contributed by atoms with van der Waals surface area (Å²) in [5.41, 5.74) is 1.91. The normalized spacial score (nSPS) is 16.8. The summed E-state index contributed by atoms with van der Waals surface area (Å²) in [6.07, 6.45) is 1.39. The van der Waals surface area contributed by atoms with Gasteiger partial charge in [0.2, 0.25) is 5.91 Å². The fourth-order valence-corrected chi connectivity index (χ4v) is 2.87. The topological polar surface area (TPSA) is 61.4 Å². The van der Waals surface area contributed by atoms with Crippen LogP contribution in [-0.2, 0) is 11.3 Å². The molecule has 5 nitrogen and oxygen atoms in total. The summed E-state index contributed by atoms with van der Waals surface area (Å²) in [7, 11) is 0. The maximum Gasteiger partial charge on any atom is 0.317 e. The van der Waals surface area contributed by atoms with Crippen LogP contribution in [-0.4, -0.2) is 36.0 Å². The molecule has 1 aromatic carbocycles. The Hall–Kier alpha value is -2.04. The minimum atomic E-state index is -0.403. The predicted molar refractivity (Wildman–Crippen MR) is 95.6 cm³/mol. The van der Waals surface area contributed by atoms with Crippen molar-refractivity contribution < 1.29 is 9.59 Å². The molecule has 132 valence electrons. The van der Waals surface area contributed by atoms with Crippen molar-refractivity contribution in [2.45, 2.75) is 53.1 Å². The van der Waals surface area contributed by atoms with Crippen molar-refractivity contribution in [3.05, 3.63) is 35.4 Å². The lowest BCUT2D eigenvalue weighted by molar-refractivity contribution is -0.132. The van der Waals surface area contributed by atoms with E-state index in [0.29, 0.717) is 32.5 Å². The number of urea groups is 1. The molecule has 0 aromatic heterocycles. The third kappa shape index (κ3) is 4.73. The molecule has 1 aliphatic rings. The molecule has 5 heteroatoms. The van der Waals surface area contributed by atoms with Gasteiger partial charge in [0.15, 0.2) is 0 Å². The number of carbonyl (C=O) groups is 2. The summed E-state index contributed by atoms with van der Waals surface area (Å²) in [5.74, 6) is 0.0759. The molecule has 2 rings (SSSR count). The average molecular weight is 331 g/mol. The Kier molecular flexibility index (Phi) is 5.86. The lowest BCUT2D eigenvalue weighted by Gasteiger charge is -2.38. The molecule has 3 amide bonds. The Labute approximate surface area is 144 Å². The number of carbonyl (C=O) groups excluding carboxylic acids is 2. The Morgan fingerprint density at radius 2 is 1.75 bits per heavy atom. The molecule has 1 aromatic rings. The molecule has 0 radical (unpaired) electrons. The van der Waals surface area contributed by atoms with Crippen molar-refractivity contribution in [2.75, 3.05) is 13.1 Å². The van der Waals surface area contributed by atoms with Crippen LogP contribution in [0.5, 0.6) is 0 Å². The Morgan fingerprint density at radius 1 is 1.17 bits per heavy atom. The zero-order valence-corrected chi connectivity index (χ0v) is 15.2. The molecule has 0 aliphatic carbocycles. The van der Waals surface area contributed by atoms with Crippen LogP contribution in [0.25, 0.3) is 0 Å². The third-order valence-corrected chi connectivity index (χ3v) is 4.69. The van der Waals surface area contributed by atoms with Crippen molar-refractivity contribution in [1.29, 1.82) is 0 Å². The third-order valence-electron chi connectivity index (χ3n) is 4.69. The summed E-state index contributed by atoms with van der Waals surface area (Å²) in [4.78, 5) is 26.4. The molecule has 1 heterocycles. The fourth-order valence-electron chi connectivity index (χ4n) is 2.87. The van der Waals surface area contributed by atoms with Crippen molar-refractivity contribution in [3.8, 4) is 0 Å². The minimum Gasteiger partial charge on any atom is -0.352 e. The number of amides is 3. The lowest BCUT2D eigenvalue weighted by atomic mass is 9.79. The zero-order valence-electron chi connectivity index (χ0n) is 15.2. The minimum absolute atomic E-state index is 0.0351. The van der Waals surface area contributed by atoms with E-state index in [1.807, 2.05) is 39.8 Å². The highest BCUT2D eigenvalue weighted by Crippen LogP contribution is 2.31. The summed E-state index contributed by atoms with van der Waals surface area (Å²) in [6.45, 7) is 9.73. The van der Waals surface area contributed by atoms with Crippen LogP contribution in [0.15, 0.2) is 24.3 Å². The molecule has 1 fully saturated rings. The van der Waals surface area contributed by atoms with Crippen molar-refractivity contribution in [2.24, 2.45) is 5.41 Å². The van der Waals surface area contributed by atoms with Crippen LogP contribution >= 0.6 is 0 Å². The quantitative estimate of drug-likeness (QED) is 0.891. The van der Waals surface area contributed by atoms with Gasteiger partial charge in [0.25, 0.3) is 0 Å². The first-order valence-electron chi connectivity index (χ1n) is 8.69. The second-order valence-corrected chi connectivity index (χ2v) is 7.32. The monoisotopic (exact) mass is 331 g/mol. The second-order valence-electron chi connectivity index (χ2n) is 7.32. The van der Waals surface area contributed by atoms with Gasteiger partial charge in [-0.3, -0.25) is 4.79 Å². The number of hydrogen-bond donors (Lipinski definition) is 2. The van der Waals surface area contributed by atoms with E-state index in [9.17, 15) is 9.59 Å². The number of likely N-dealkylation sites (tertiary alicyclic amines) is 1. The van der Waals surface area contributed by atoms with Gasteiger partial charge in [-0.15, -0.1) is 0 Å². The smallest absolute Gasteiger partial charge is 0.317 e. The van der Waals surface area contributed by atoms with Gasteiger partial charge in [0.1, 0.15) is 0 Å². The lowest BCUT2D eigenvalue weighted by Crippen LogP contribution is -2.51. The molecule has 0 spiro atoms. The molecule has 2 N–H and O–H groups in total. The first-order valence-corrected chi connectivity index (χ1v) is 8.69. The Balaban J connectivity index is 1.84. The largest absolute Gasteiger partial charge is 0.352 e. The molecule has 0 bridgehead atoms. The molecule has 0 atom stereocenters. The van der Waals surface area contributed by atoms with Crippen LogP contribution in [0.1, 0.15) is 44.7 Å². The first kappa shape index (κ1) is 18.3. The molecule has 24 heavy (non-hydrogen) atoms. The van der Waals surface area contributed by atoms with Crippen LogP contribution in [0.3, 0.4) is 0 Å². The number of nitrogens with zero attached hydrogens (tertiary/aromatic N) is 1. The van der Waals surface area contributed by atoms with Crippen LogP contribution in [0.2, 0.25) is 0 Å². The predicted octanol–water partition coefficient (Wildman–Crippen LogP) is 2.83. The number of aryl methyl sites for hydroxylation is 1. The van der Waals surface area contributed by atoms with E-state index >= 15 is 0 Å². The van der Waals surface area contributed by atoms with Crippen molar-refractivity contribution in [1.82, 2.24) is 15.5 Å². The van der Waals surface area contributed by atoms with E-state index in [1.54, 1.807) is 4.90 Å². The van der Waals surface area contributed by atoms with Gasteiger partial charge in [-0.05, 0) is 39.2 Å². The Bertz CT molecular complexity index is 573. The van der Waals surface area contributed by atoms with Gasteiger partial charge in [-0.25, -0.2) is 4.79 Å². The number of hydrogen-bond acceptors (Lipinski definition) is 2. The summed E-state index contributed by atoms with van der Waals surface area (Å²) < 4.78 is 0. The standard InChI is InChI=1S/C19H29N3O2/c1-14(2)21-18(24)22-11-9-19(4,10-12-22)17(23)20-13-16-7-5-15(3)6-8-16/h5-8,14H,9-13H2,1-4H3,(H,20,23)(H,21,24). The summed E-state index contributed by atoms with van der Waals surface area (Å²) in [5, 5.41) is 5.95. The van der Waals surface area contributed by atoms with Gasteiger partial charge in [0.05, 0.1) is 0 Å². The van der Waals surface area contributed by atoms with E-state index in [0.717, 1.165) is 5.56 Å². The highest BCUT2D eigenvalue weighted by atomic mass is 16.2. The van der Waals surface area contributed by atoms with E-state index in [-0.39, 0.29) is 18.0 Å². The van der Waals surface area contributed by atoms with Crippen LogP contribution < -0.4 is 10.6 Å². The van der Waals surface area contributed by atoms with Gasteiger partial charge in [-0.1, -0.05) is 36.8 Å². The maximum absolute atomic E-state index is 12.6. The molecule has 0 saturated carbocycles. The summed E-state index contributed by atoms with van der Waals surface area (Å²) in [6, 6.07) is 8.27. The van der Waals surface area contributed by atoms with E-state index < -0.39 is 5.41 Å². The first-order chi connectivity index (χ1) is 11.3. The number of piperidine rings is 1. The van der Waals surface area contributed by atoms with Crippen molar-refractivity contribution in [3.63, 3.8) is 0 Å². The van der Waals surface area contributed by atoms with E-state index in [2.05, 4.69) is 22.8 Å². The second kappa shape index (κ2) is 7.69. The maximum atomic E-state index is 12.6. The van der Waals surface area contributed by atoms with Crippen molar-refractivity contribution >= 4 is 11.9 Å². The zero-order chi connectivity index (χ0) is 17.7. The summed E-state index contributed by atoms with van der Waals surface area (Å²) >= 11 is 0. The number of nitrogens with one attached hydrogen (secondary N) is 2.